The largest absolute Gasteiger partial charge is 0.486 e. The second kappa shape index (κ2) is 7.15. The predicted octanol–water partition coefficient (Wildman–Crippen LogP) is 3.35. The molecular weight excluding hydrogens is 250 g/mol. The van der Waals surface area contributed by atoms with Crippen molar-refractivity contribution in [2.24, 2.45) is 0 Å². The SMILES string of the molecule is CCCNc1cccc(COc2ccccc2C#N)n1. The van der Waals surface area contributed by atoms with E-state index in [9.17, 15) is 0 Å². The van der Waals surface area contributed by atoms with Crippen molar-refractivity contribution >= 4 is 5.82 Å². The Hall–Kier alpha value is -2.54. The zero-order chi connectivity index (χ0) is 14.2. The fourth-order valence-corrected chi connectivity index (χ4v) is 1.75. The van der Waals surface area contributed by atoms with E-state index < -0.39 is 0 Å². The second-order valence-electron chi connectivity index (χ2n) is 4.34. The fraction of sp³-hybridized carbons (Fsp3) is 0.250. The number of hydrogen-bond donors (Lipinski definition) is 1. The molecule has 4 nitrogen and oxygen atoms in total. The van der Waals surface area contributed by atoms with Crippen molar-refractivity contribution in [2.45, 2.75) is 20.0 Å². The summed E-state index contributed by atoms with van der Waals surface area (Å²) in [6.45, 7) is 3.35. The van der Waals surface area contributed by atoms with E-state index in [-0.39, 0.29) is 0 Å². The molecule has 20 heavy (non-hydrogen) atoms. The number of nitrogens with zero attached hydrogens (tertiary/aromatic N) is 2. The lowest BCUT2D eigenvalue weighted by atomic mass is 10.2. The van der Waals surface area contributed by atoms with E-state index in [4.69, 9.17) is 10.00 Å². The number of para-hydroxylation sites is 1. The summed E-state index contributed by atoms with van der Waals surface area (Å²) < 4.78 is 5.66. The zero-order valence-electron chi connectivity index (χ0n) is 11.5. The number of ether oxygens (including phenoxy) is 1. The summed E-state index contributed by atoms with van der Waals surface area (Å²) in [5, 5.41) is 12.2. The van der Waals surface area contributed by atoms with Gasteiger partial charge in [0.2, 0.25) is 0 Å². The first kappa shape index (κ1) is 13.9. The van der Waals surface area contributed by atoms with Gasteiger partial charge in [0, 0.05) is 6.54 Å². The van der Waals surface area contributed by atoms with Crippen molar-refractivity contribution in [1.29, 1.82) is 5.26 Å². The highest BCUT2D eigenvalue weighted by Crippen LogP contribution is 2.18. The number of anilines is 1. The van der Waals surface area contributed by atoms with E-state index in [1.807, 2.05) is 30.3 Å². The molecule has 1 aromatic carbocycles. The van der Waals surface area contributed by atoms with Gasteiger partial charge in [-0.3, -0.25) is 0 Å². The van der Waals surface area contributed by atoms with E-state index in [2.05, 4.69) is 23.3 Å². The van der Waals surface area contributed by atoms with Crippen LogP contribution in [0.5, 0.6) is 5.75 Å². The second-order valence-corrected chi connectivity index (χ2v) is 4.34. The summed E-state index contributed by atoms with van der Waals surface area (Å²) in [7, 11) is 0. The van der Waals surface area contributed by atoms with Crippen LogP contribution in [0.4, 0.5) is 5.82 Å². The van der Waals surface area contributed by atoms with Crippen LogP contribution in [0.2, 0.25) is 0 Å². The summed E-state index contributed by atoms with van der Waals surface area (Å²) in [4.78, 5) is 4.46. The maximum absolute atomic E-state index is 9.00. The molecular formula is C16H17N3O. The first-order chi connectivity index (χ1) is 9.83. The Balaban J connectivity index is 2.02. The first-order valence-corrected chi connectivity index (χ1v) is 6.65. The molecule has 1 heterocycles. The van der Waals surface area contributed by atoms with Gasteiger partial charge < -0.3 is 10.1 Å². The fourth-order valence-electron chi connectivity index (χ4n) is 1.75. The molecule has 1 N–H and O–H groups in total. The third-order valence-corrected chi connectivity index (χ3v) is 2.75. The predicted molar refractivity (Wildman–Crippen MR) is 78.5 cm³/mol. The van der Waals surface area contributed by atoms with Crippen LogP contribution in [0.3, 0.4) is 0 Å². The molecule has 2 rings (SSSR count). The maximum Gasteiger partial charge on any atom is 0.137 e. The standard InChI is InChI=1S/C16H17N3O/c1-2-10-18-16-9-5-7-14(19-16)12-20-15-8-4-3-6-13(15)11-17/h3-9H,2,10,12H2,1H3,(H,18,19). The Kier molecular flexibility index (Phi) is 4.96. The van der Waals surface area contributed by atoms with Crippen molar-refractivity contribution < 1.29 is 4.74 Å². The average Bonchev–Trinajstić information content (AvgIpc) is 2.51. The van der Waals surface area contributed by atoms with Crippen LogP contribution < -0.4 is 10.1 Å². The smallest absolute Gasteiger partial charge is 0.137 e. The van der Waals surface area contributed by atoms with E-state index in [1.54, 1.807) is 12.1 Å². The summed E-state index contributed by atoms with van der Waals surface area (Å²) in [6, 6.07) is 15.1. The summed E-state index contributed by atoms with van der Waals surface area (Å²) >= 11 is 0. The van der Waals surface area contributed by atoms with Gasteiger partial charge in [0.05, 0.1) is 11.3 Å². The highest BCUT2D eigenvalue weighted by Gasteiger charge is 2.03. The lowest BCUT2D eigenvalue weighted by Crippen LogP contribution is -2.05. The summed E-state index contributed by atoms with van der Waals surface area (Å²) in [5.41, 5.74) is 1.37. The van der Waals surface area contributed by atoms with Crippen LogP contribution in [-0.2, 0) is 6.61 Å². The quantitative estimate of drug-likeness (QED) is 0.872. The normalized spacial score (nSPS) is 9.80. The molecule has 102 valence electrons. The molecule has 0 bridgehead atoms. The highest BCUT2D eigenvalue weighted by atomic mass is 16.5. The van der Waals surface area contributed by atoms with Crippen LogP contribution >= 0.6 is 0 Å². The summed E-state index contributed by atoms with van der Waals surface area (Å²) in [6.07, 6.45) is 1.05. The van der Waals surface area contributed by atoms with E-state index >= 15 is 0 Å². The van der Waals surface area contributed by atoms with Gasteiger partial charge in [-0.2, -0.15) is 5.26 Å². The van der Waals surface area contributed by atoms with Crippen molar-refractivity contribution in [3.8, 4) is 11.8 Å². The molecule has 0 radical (unpaired) electrons. The molecule has 0 amide bonds. The van der Waals surface area contributed by atoms with Gasteiger partial charge in [-0.15, -0.1) is 0 Å². The van der Waals surface area contributed by atoms with Gasteiger partial charge in [0.25, 0.3) is 0 Å². The Bertz CT molecular complexity index is 605. The first-order valence-electron chi connectivity index (χ1n) is 6.65. The molecule has 0 aliphatic heterocycles. The minimum atomic E-state index is 0.348. The van der Waals surface area contributed by atoms with Crippen molar-refractivity contribution in [2.75, 3.05) is 11.9 Å². The van der Waals surface area contributed by atoms with Crippen molar-refractivity contribution in [3.05, 3.63) is 53.7 Å². The highest BCUT2D eigenvalue weighted by molar-refractivity contribution is 5.42. The molecule has 0 atom stereocenters. The van der Waals surface area contributed by atoms with Crippen LogP contribution in [-0.4, -0.2) is 11.5 Å². The number of aromatic nitrogens is 1. The number of nitriles is 1. The van der Waals surface area contributed by atoms with Gasteiger partial charge in [0.1, 0.15) is 24.2 Å². The van der Waals surface area contributed by atoms with Gasteiger partial charge in [0.15, 0.2) is 0 Å². The maximum atomic E-state index is 9.00. The molecule has 0 saturated carbocycles. The number of pyridine rings is 1. The van der Waals surface area contributed by atoms with Gasteiger partial charge >= 0.3 is 0 Å². The third-order valence-electron chi connectivity index (χ3n) is 2.75. The molecule has 1 aromatic heterocycles. The van der Waals surface area contributed by atoms with Crippen LogP contribution in [0.1, 0.15) is 24.6 Å². The molecule has 0 fully saturated rings. The van der Waals surface area contributed by atoms with Crippen LogP contribution in [0, 0.1) is 11.3 Å². The number of hydrogen-bond acceptors (Lipinski definition) is 4. The van der Waals surface area contributed by atoms with Gasteiger partial charge in [-0.1, -0.05) is 25.1 Å². The molecule has 0 spiro atoms. The van der Waals surface area contributed by atoms with E-state index in [1.165, 1.54) is 0 Å². The molecule has 2 aromatic rings. The van der Waals surface area contributed by atoms with Gasteiger partial charge in [-0.25, -0.2) is 4.98 Å². The average molecular weight is 267 g/mol. The number of benzene rings is 1. The van der Waals surface area contributed by atoms with Crippen molar-refractivity contribution in [3.63, 3.8) is 0 Å². The van der Waals surface area contributed by atoms with E-state index in [0.29, 0.717) is 17.9 Å². The van der Waals surface area contributed by atoms with Crippen LogP contribution in [0.25, 0.3) is 0 Å². The topological polar surface area (TPSA) is 57.9 Å². The molecule has 0 saturated heterocycles. The lowest BCUT2D eigenvalue weighted by molar-refractivity contribution is 0.300. The van der Waals surface area contributed by atoms with Gasteiger partial charge in [-0.05, 0) is 30.7 Å². The minimum absolute atomic E-state index is 0.348. The van der Waals surface area contributed by atoms with Crippen molar-refractivity contribution in [1.82, 2.24) is 4.98 Å². The lowest BCUT2D eigenvalue weighted by Gasteiger charge is -2.09. The zero-order valence-corrected chi connectivity index (χ0v) is 11.5. The Morgan fingerprint density at radius 1 is 1.20 bits per heavy atom. The summed E-state index contributed by atoms with van der Waals surface area (Å²) in [5.74, 6) is 1.44. The van der Waals surface area contributed by atoms with E-state index in [0.717, 1.165) is 24.5 Å². The molecule has 0 unspecified atom stereocenters. The number of rotatable bonds is 6. The molecule has 0 aliphatic carbocycles. The Labute approximate surface area is 119 Å². The molecule has 4 heteroatoms. The monoisotopic (exact) mass is 267 g/mol. The Morgan fingerprint density at radius 3 is 2.85 bits per heavy atom. The number of nitrogens with one attached hydrogen (secondary N) is 1. The third kappa shape index (κ3) is 3.72. The Morgan fingerprint density at radius 2 is 2.05 bits per heavy atom. The van der Waals surface area contributed by atoms with Crippen LogP contribution in [0.15, 0.2) is 42.5 Å². The minimum Gasteiger partial charge on any atom is -0.486 e. The molecule has 0 aliphatic rings.